The average Bonchev–Trinajstić information content (AvgIpc) is 3.59. The minimum absolute atomic E-state index is 0.250. The predicted octanol–water partition coefficient (Wildman–Crippen LogP) is 10.2. The average molecular weight is 633 g/mol. The number of carbonyl (C=O) groups excluding carboxylic acids is 2. The lowest BCUT2D eigenvalue weighted by Gasteiger charge is -2.28. The quantitative estimate of drug-likeness (QED) is 0.352. The van der Waals surface area contributed by atoms with E-state index >= 15 is 0 Å². The highest BCUT2D eigenvalue weighted by molar-refractivity contribution is 7.09. The number of hydrogen-bond donors (Lipinski definition) is 2. The van der Waals surface area contributed by atoms with Crippen LogP contribution in [0.4, 0.5) is 0 Å². The van der Waals surface area contributed by atoms with Crippen molar-refractivity contribution in [3.63, 3.8) is 0 Å². The van der Waals surface area contributed by atoms with Crippen molar-refractivity contribution in [1.29, 1.82) is 0 Å². The topological polar surface area (TPSA) is 58.2 Å². The molecule has 2 fully saturated rings. The van der Waals surface area contributed by atoms with Crippen molar-refractivity contribution in [1.82, 2.24) is 10.6 Å². The molecule has 2 amide bonds. The molecule has 0 bridgehead atoms. The first-order valence-electron chi connectivity index (χ1n) is 16.2. The van der Waals surface area contributed by atoms with Crippen LogP contribution in [0.1, 0.15) is 126 Å². The molecule has 0 spiro atoms. The van der Waals surface area contributed by atoms with E-state index in [0.29, 0.717) is 10.8 Å². The maximum Gasteiger partial charge on any atom is 0.223 e. The molecule has 2 N–H and O–H groups in total. The molecule has 4 nitrogen and oxygen atoms in total. The lowest BCUT2D eigenvalue weighted by molar-refractivity contribution is -0.127. The summed E-state index contributed by atoms with van der Waals surface area (Å²) in [6.45, 7) is 28.5. The maximum atomic E-state index is 11.4. The molecule has 2 aromatic heterocycles. The van der Waals surface area contributed by atoms with Gasteiger partial charge in [0.15, 0.2) is 0 Å². The van der Waals surface area contributed by atoms with Gasteiger partial charge in [0.1, 0.15) is 0 Å². The largest absolute Gasteiger partial charge is 0.356 e. The van der Waals surface area contributed by atoms with Gasteiger partial charge >= 0.3 is 0 Å². The van der Waals surface area contributed by atoms with E-state index in [1.54, 1.807) is 11.3 Å². The second kappa shape index (κ2) is 17.7. The van der Waals surface area contributed by atoms with E-state index in [2.05, 4.69) is 128 Å². The third kappa shape index (κ3) is 20.8. The van der Waals surface area contributed by atoms with Crippen molar-refractivity contribution in [2.24, 2.45) is 33.5 Å². The molecule has 4 rings (SSSR count). The van der Waals surface area contributed by atoms with Crippen molar-refractivity contribution in [2.45, 2.75) is 128 Å². The van der Waals surface area contributed by atoms with Crippen LogP contribution in [0.2, 0.25) is 0 Å². The summed E-state index contributed by atoms with van der Waals surface area (Å²) in [6.07, 6.45) is 7.66. The summed E-state index contributed by atoms with van der Waals surface area (Å²) in [5, 5.41) is 12.3. The summed E-state index contributed by atoms with van der Waals surface area (Å²) >= 11 is 3.63. The highest BCUT2D eigenvalue weighted by Crippen LogP contribution is 2.29. The number of hydrogen-bond acceptors (Lipinski definition) is 4. The van der Waals surface area contributed by atoms with Crippen LogP contribution >= 0.6 is 22.7 Å². The molecule has 2 aliphatic heterocycles. The first kappa shape index (κ1) is 39.4. The third-order valence-corrected chi connectivity index (χ3v) is 8.49. The first-order chi connectivity index (χ1) is 19.6. The Hall–Kier alpha value is -1.66. The number of piperidine rings is 1. The van der Waals surface area contributed by atoms with E-state index in [4.69, 9.17) is 0 Å². The highest BCUT2D eigenvalue weighted by Gasteiger charge is 2.28. The van der Waals surface area contributed by atoms with E-state index in [9.17, 15) is 9.59 Å². The van der Waals surface area contributed by atoms with Crippen molar-refractivity contribution in [3.05, 3.63) is 44.8 Å². The van der Waals surface area contributed by atoms with Gasteiger partial charge in [0, 0.05) is 29.8 Å². The molecule has 2 aromatic rings. The molecule has 0 saturated carbocycles. The molecule has 2 aliphatic rings. The van der Waals surface area contributed by atoms with Crippen LogP contribution in [-0.2, 0) is 22.4 Å². The molecule has 2 saturated heterocycles. The number of thiophene rings is 2. The summed E-state index contributed by atoms with van der Waals surface area (Å²) in [6, 6.07) is 6.53. The van der Waals surface area contributed by atoms with Crippen molar-refractivity contribution >= 4 is 34.5 Å². The lowest BCUT2D eigenvalue weighted by Crippen LogP contribution is -2.38. The molecule has 2 atom stereocenters. The van der Waals surface area contributed by atoms with Crippen LogP contribution in [0.25, 0.3) is 0 Å². The third-order valence-electron chi connectivity index (χ3n) is 6.88. The number of carbonyl (C=O) groups is 2. The van der Waals surface area contributed by atoms with Gasteiger partial charge in [-0.2, -0.15) is 11.3 Å². The number of rotatable bonds is 4. The number of nitrogens with one attached hydrogen (secondary N) is 2. The lowest BCUT2D eigenvalue weighted by atomic mass is 9.81. The van der Waals surface area contributed by atoms with Crippen molar-refractivity contribution in [3.8, 4) is 0 Å². The zero-order chi connectivity index (χ0) is 32.9. The van der Waals surface area contributed by atoms with Gasteiger partial charge in [-0.25, -0.2) is 0 Å². The van der Waals surface area contributed by atoms with Crippen LogP contribution < -0.4 is 10.6 Å². The van der Waals surface area contributed by atoms with E-state index in [1.807, 2.05) is 11.3 Å². The van der Waals surface area contributed by atoms with Crippen LogP contribution in [0, 0.1) is 33.5 Å². The highest BCUT2D eigenvalue weighted by atomic mass is 32.1. The SMILES string of the molecule is CC(C)(C)CC1CCCNC1=O.CC(C)(C)CC1CCNC1=O.CC(C)(C)Cc1cccs1.CC(C)(C)Cc1ccsc1. The molecule has 4 heterocycles. The zero-order valence-corrected chi connectivity index (χ0v) is 31.2. The Morgan fingerprint density at radius 1 is 0.674 bits per heavy atom. The predicted molar refractivity (Wildman–Crippen MR) is 190 cm³/mol. The summed E-state index contributed by atoms with van der Waals surface area (Å²) in [4.78, 5) is 24.0. The first-order valence-corrected chi connectivity index (χ1v) is 18.0. The fourth-order valence-corrected chi connectivity index (χ4v) is 6.96. The van der Waals surface area contributed by atoms with Gasteiger partial charge < -0.3 is 10.6 Å². The fraction of sp³-hybridized carbons (Fsp3) is 0.730. The van der Waals surface area contributed by atoms with Crippen LogP contribution in [0.15, 0.2) is 34.3 Å². The summed E-state index contributed by atoms with van der Waals surface area (Å²) < 4.78 is 0. The Labute approximate surface area is 273 Å². The van der Waals surface area contributed by atoms with Gasteiger partial charge in [-0.05, 0) is 100 Å². The van der Waals surface area contributed by atoms with Gasteiger partial charge in [-0.15, -0.1) is 11.3 Å². The van der Waals surface area contributed by atoms with Crippen molar-refractivity contribution < 1.29 is 9.59 Å². The minimum Gasteiger partial charge on any atom is -0.356 e. The molecular weight excluding hydrogens is 569 g/mol. The van der Waals surface area contributed by atoms with E-state index < -0.39 is 0 Å². The van der Waals surface area contributed by atoms with E-state index in [-0.39, 0.29) is 34.5 Å². The van der Waals surface area contributed by atoms with Crippen molar-refractivity contribution in [2.75, 3.05) is 13.1 Å². The van der Waals surface area contributed by atoms with Gasteiger partial charge in [-0.1, -0.05) is 89.2 Å². The Bertz CT molecular complexity index is 984. The Morgan fingerprint density at radius 3 is 1.60 bits per heavy atom. The summed E-state index contributed by atoms with van der Waals surface area (Å²) in [5.74, 6) is 1.05. The molecular formula is C37H64N2O2S2. The second-order valence-electron chi connectivity index (χ2n) is 17.1. The monoisotopic (exact) mass is 632 g/mol. The zero-order valence-electron chi connectivity index (χ0n) is 29.6. The van der Waals surface area contributed by atoms with Gasteiger partial charge in [-0.3, -0.25) is 9.59 Å². The Kier molecular flexibility index (Phi) is 16.2. The van der Waals surface area contributed by atoms with Gasteiger partial charge in [0.25, 0.3) is 0 Å². The second-order valence-corrected chi connectivity index (χ2v) is 18.9. The molecule has 2 unspecified atom stereocenters. The summed E-state index contributed by atoms with van der Waals surface area (Å²) in [5.41, 5.74) is 2.90. The minimum atomic E-state index is 0.250. The maximum absolute atomic E-state index is 11.4. The molecule has 0 radical (unpaired) electrons. The van der Waals surface area contributed by atoms with Gasteiger partial charge in [0.05, 0.1) is 0 Å². The van der Waals surface area contributed by atoms with Gasteiger partial charge in [0.2, 0.25) is 11.8 Å². The van der Waals surface area contributed by atoms with Crippen LogP contribution in [-0.4, -0.2) is 24.9 Å². The summed E-state index contributed by atoms with van der Waals surface area (Å²) in [7, 11) is 0. The molecule has 6 heteroatoms. The van der Waals surface area contributed by atoms with Crippen LogP contribution in [0.5, 0.6) is 0 Å². The Morgan fingerprint density at radius 2 is 1.21 bits per heavy atom. The van der Waals surface area contributed by atoms with Crippen LogP contribution in [0.3, 0.4) is 0 Å². The van der Waals surface area contributed by atoms with E-state index in [0.717, 1.165) is 45.2 Å². The molecule has 0 aliphatic carbocycles. The Balaban J connectivity index is 0.000000287. The van der Waals surface area contributed by atoms with E-state index in [1.165, 1.54) is 23.3 Å². The number of amides is 2. The molecule has 0 aromatic carbocycles. The fourth-order valence-electron chi connectivity index (χ4n) is 5.29. The standard InChI is InChI=1S/C10H19NO.C9H17NO.2C9H14S/c1-10(2,3)7-8-5-4-6-11-9(8)12;1-9(2,3)6-7-4-5-10-8(7)11;1-9(2,3)6-8-4-5-10-7-8;1-9(2,3)7-8-5-4-6-10-8/h8H,4-7H2,1-3H3,(H,11,12);7H,4-6H2,1-3H3,(H,10,11);4-5,7H,6H2,1-3H3;4-6H,7H2,1-3H3. The normalized spacial score (nSPS) is 19.1. The molecule has 246 valence electrons. The molecule has 43 heavy (non-hydrogen) atoms. The smallest absolute Gasteiger partial charge is 0.223 e.